The van der Waals surface area contributed by atoms with Crippen LogP contribution >= 0.6 is 0 Å². The summed E-state index contributed by atoms with van der Waals surface area (Å²) in [5.41, 5.74) is 2.88. The summed E-state index contributed by atoms with van der Waals surface area (Å²) in [6, 6.07) is 8.36. The summed E-state index contributed by atoms with van der Waals surface area (Å²) >= 11 is 0. The molecule has 3 heterocycles. The third kappa shape index (κ3) is 4.55. The van der Waals surface area contributed by atoms with Gasteiger partial charge in [0.2, 0.25) is 5.91 Å². The van der Waals surface area contributed by atoms with Gasteiger partial charge in [0.1, 0.15) is 18.1 Å². The molecule has 1 atom stereocenters. The number of carbonyl (C=O) groups excluding carboxylic acids is 1. The first-order chi connectivity index (χ1) is 14.0. The van der Waals surface area contributed by atoms with Gasteiger partial charge in [-0.15, -0.1) is 0 Å². The number of hydrogen-bond acceptors (Lipinski definition) is 4. The minimum atomic E-state index is -0.251. The van der Waals surface area contributed by atoms with Crippen molar-refractivity contribution >= 4 is 5.91 Å². The second-order valence-corrected chi connectivity index (χ2v) is 7.73. The third-order valence-corrected chi connectivity index (χ3v) is 5.37. The molecule has 7 heteroatoms. The molecule has 6 nitrogen and oxygen atoms in total. The van der Waals surface area contributed by atoms with Crippen LogP contribution in [0.2, 0.25) is 0 Å². The van der Waals surface area contributed by atoms with Crippen LogP contribution in [0.15, 0.2) is 40.9 Å². The summed E-state index contributed by atoms with van der Waals surface area (Å²) in [7, 11) is 0. The number of amides is 1. The van der Waals surface area contributed by atoms with Crippen LogP contribution in [0.4, 0.5) is 4.39 Å². The van der Waals surface area contributed by atoms with Crippen molar-refractivity contribution in [3.63, 3.8) is 0 Å². The lowest BCUT2D eigenvalue weighted by Crippen LogP contribution is -2.41. The maximum Gasteiger partial charge on any atom is 0.244 e. The molecule has 1 unspecified atom stereocenters. The highest BCUT2D eigenvalue weighted by atomic mass is 19.1. The van der Waals surface area contributed by atoms with Gasteiger partial charge in [0.25, 0.3) is 0 Å². The normalized spacial score (nSPS) is 16.9. The predicted molar refractivity (Wildman–Crippen MR) is 106 cm³/mol. The van der Waals surface area contributed by atoms with Crippen molar-refractivity contribution in [2.45, 2.75) is 45.6 Å². The molecule has 0 aliphatic carbocycles. The maximum atomic E-state index is 13.1. The van der Waals surface area contributed by atoms with E-state index in [0.717, 1.165) is 42.1 Å². The van der Waals surface area contributed by atoms with Crippen molar-refractivity contribution in [1.29, 1.82) is 0 Å². The second kappa shape index (κ2) is 8.19. The van der Waals surface area contributed by atoms with Crippen LogP contribution in [0.5, 0.6) is 0 Å². The Morgan fingerprint density at radius 1 is 1.28 bits per heavy atom. The summed E-state index contributed by atoms with van der Waals surface area (Å²) in [6.45, 7) is 5.50. The summed E-state index contributed by atoms with van der Waals surface area (Å²) in [5, 5.41) is 4.39. The monoisotopic (exact) mass is 396 g/mol. The van der Waals surface area contributed by atoms with E-state index in [1.165, 1.54) is 12.1 Å². The Hall–Kier alpha value is -2.96. The number of piperidine rings is 1. The van der Waals surface area contributed by atoms with E-state index in [4.69, 9.17) is 4.42 Å². The zero-order valence-corrected chi connectivity index (χ0v) is 16.8. The Labute approximate surface area is 169 Å². The van der Waals surface area contributed by atoms with Crippen LogP contribution in [0, 0.1) is 19.7 Å². The van der Waals surface area contributed by atoms with Crippen LogP contribution in [-0.4, -0.2) is 38.7 Å². The molecule has 29 heavy (non-hydrogen) atoms. The minimum absolute atomic E-state index is 0.0685. The van der Waals surface area contributed by atoms with E-state index in [0.29, 0.717) is 18.9 Å². The van der Waals surface area contributed by atoms with Crippen LogP contribution in [0.25, 0.3) is 0 Å². The third-order valence-electron chi connectivity index (χ3n) is 5.37. The maximum absolute atomic E-state index is 13.1. The van der Waals surface area contributed by atoms with Gasteiger partial charge in [-0.3, -0.25) is 9.48 Å². The largest absolute Gasteiger partial charge is 0.445 e. The van der Waals surface area contributed by atoms with E-state index in [1.807, 2.05) is 24.8 Å². The van der Waals surface area contributed by atoms with Crippen molar-refractivity contribution in [1.82, 2.24) is 19.7 Å². The molecule has 1 aromatic carbocycles. The Balaban J connectivity index is 1.39. The van der Waals surface area contributed by atoms with Crippen molar-refractivity contribution in [3.8, 4) is 0 Å². The van der Waals surface area contributed by atoms with Crippen LogP contribution in [-0.2, 0) is 17.8 Å². The molecular formula is C22H25FN4O2. The fraction of sp³-hybridized carbons (Fsp3) is 0.409. The van der Waals surface area contributed by atoms with E-state index in [2.05, 4.69) is 10.1 Å². The second-order valence-electron chi connectivity index (χ2n) is 7.73. The molecule has 1 aliphatic heterocycles. The number of hydrogen-bond donors (Lipinski definition) is 0. The van der Waals surface area contributed by atoms with E-state index < -0.39 is 0 Å². The summed E-state index contributed by atoms with van der Waals surface area (Å²) < 4.78 is 20.8. The van der Waals surface area contributed by atoms with Crippen molar-refractivity contribution in [2.24, 2.45) is 0 Å². The molecule has 0 saturated carbocycles. The quantitative estimate of drug-likeness (QED) is 0.661. The molecule has 1 amide bonds. The highest BCUT2D eigenvalue weighted by molar-refractivity contribution is 5.76. The fourth-order valence-electron chi connectivity index (χ4n) is 3.86. The Morgan fingerprint density at radius 3 is 2.79 bits per heavy atom. The summed E-state index contributed by atoms with van der Waals surface area (Å²) in [5.74, 6) is 1.33. The van der Waals surface area contributed by atoms with Gasteiger partial charge >= 0.3 is 0 Å². The number of rotatable bonds is 5. The Bertz CT molecular complexity index is 993. The number of benzene rings is 1. The lowest BCUT2D eigenvalue weighted by atomic mass is 9.98. The number of aromatic nitrogens is 3. The van der Waals surface area contributed by atoms with E-state index in [1.54, 1.807) is 23.0 Å². The average Bonchev–Trinajstić information content (AvgIpc) is 3.30. The summed E-state index contributed by atoms with van der Waals surface area (Å²) in [6.07, 6.45) is 4.17. The topological polar surface area (TPSA) is 64.2 Å². The minimum Gasteiger partial charge on any atom is -0.445 e. The predicted octanol–water partition coefficient (Wildman–Crippen LogP) is 3.62. The molecule has 1 fully saturated rings. The van der Waals surface area contributed by atoms with Gasteiger partial charge in [-0.2, -0.15) is 5.10 Å². The number of nitrogens with zero attached hydrogens (tertiary/aromatic N) is 4. The van der Waals surface area contributed by atoms with Crippen LogP contribution in [0.1, 0.15) is 47.4 Å². The SMILES string of the molecule is Cc1cc(C)n(CC(=O)N2CCCC(c3ncc(Cc4ccc(F)cc4)o3)C2)n1. The fourth-order valence-corrected chi connectivity index (χ4v) is 3.86. The van der Waals surface area contributed by atoms with Crippen molar-refractivity contribution in [3.05, 3.63) is 70.9 Å². The molecule has 0 N–H and O–H groups in total. The first kappa shape index (κ1) is 19.4. The average molecular weight is 396 g/mol. The highest BCUT2D eigenvalue weighted by Crippen LogP contribution is 2.27. The Morgan fingerprint density at radius 2 is 2.07 bits per heavy atom. The van der Waals surface area contributed by atoms with Gasteiger partial charge in [-0.1, -0.05) is 12.1 Å². The molecular weight excluding hydrogens is 371 g/mol. The number of carbonyl (C=O) groups is 1. The first-order valence-corrected chi connectivity index (χ1v) is 9.96. The van der Waals surface area contributed by atoms with Crippen molar-refractivity contribution in [2.75, 3.05) is 13.1 Å². The molecule has 4 rings (SSSR count). The molecule has 0 bridgehead atoms. The van der Waals surface area contributed by atoms with Gasteiger partial charge in [0, 0.05) is 25.2 Å². The molecule has 3 aromatic rings. The van der Waals surface area contributed by atoms with Gasteiger partial charge < -0.3 is 9.32 Å². The van der Waals surface area contributed by atoms with Crippen LogP contribution < -0.4 is 0 Å². The molecule has 0 spiro atoms. The smallest absolute Gasteiger partial charge is 0.244 e. The van der Waals surface area contributed by atoms with Crippen LogP contribution in [0.3, 0.4) is 0 Å². The van der Waals surface area contributed by atoms with Crippen molar-refractivity contribution < 1.29 is 13.6 Å². The number of likely N-dealkylation sites (tertiary alicyclic amines) is 1. The zero-order chi connectivity index (χ0) is 20.4. The molecule has 2 aromatic heterocycles. The lowest BCUT2D eigenvalue weighted by molar-refractivity contribution is -0.133. The first-order valence-electron chi connectivity index (χ1n) is 9.96. The zero-order valence-electron chi connectivity index (χ0n) is 16.8. The number of halogens is 1. The molecule has 0 radical (unpaired) electrons. The highest BCUT2D eigenvalue weighted by Gasteiger charge is 2.28. The van der Waals surface area contributed by atoms with Gasteiger partial charge in [0.05, 0.1) is 17.8 Å². The lowest BCUT2D eigenvalue weighted by Gasteiger charge is -2.31. The molecule has 152 valence electrons. The van der Waals surface area contributed by atoms with E-state index in [-0.39, 0.29) is 24.2 Å². The summed E-state index contributed by atoms with van der Waals surface area (Å²) in [4.78, 5) is 19.1. The standard InChI is InChI=1S/C22H25FN4O2/c1-15-10-16(2)27(25-15)14-21(28)26-9-3-4-18(13-26)22-24-12-20(29-22)11-17-5-7-19(23)8-6-17/h5-8,10,12,18H,3-4,9,11,13-14H2,1-2H3. The number of aryl methyl sites for hydroxylation is 2. The van der Waals surface area contributed by atoms with Gasteiger partial charge in [-0.05, 0) is 50.5 Å². The van der Waals surface area contributed by atoms with E-state index >= 15 is 0 Å². The molecule has 1 aliphatic rings. The molecule has 1 saturated heterocycles. The Kier molecular flexibility index (Phi) is 5.47. The van der Waals surface area contributed by atoms with Gasteiger partial charge in [0.15, 0.2) is 5.89 Å². The van der Waals surface area contributed by atoms with Gasteiger partial charge in [-0.25, -0.2) is 9.37 Å². The number of oxazole rings is 1. The van der Waals surface area contributed by atoms with E-state index in [9.17, 15) is 9.18 Å².